The number of hydrogen-bond acceptors (Lipinski definition) is 4. The number of hydrogen-bond donors (Lipinski definition) is 1. The van der Waals surface area contributed by atoms with Crippen LogP contribution in [0.2, 0.25) is 0 Å². The smallest absolute Gasteiger partial charge is 0.173 e. The molecular weight excluding hydrogens is 380 g/mol. The number of ether oxygens (including phenoxy) is 1. The van der Waals surface area contributed by atoms with Gasteiger partial charge in [0.2, 0.25) is 0 Å². The van der Waals surface area contributed by atoms with Gasteiger partial charge in [0.05, 0.1) is 11.0 Å². The van der Waals surface area contributed by atoms with E-state index in [1.54, 1.807) is 18.3 Å². The first kappa shape index (κ1) is 20.6. The first-order chi connectivity index (χ1) is 13.6. The minimum absolute atomic E-state index is 0.293. The number of fused-ring (bicyclic) bond motifs is 3. The number of aliphatic hydroxyl groups excluding tert-OH is 1. The second-order valence-corrected chi connectivity index (χ2v) is 10.9. The largest absolute Gasteiger partial charge is 0.490 e. The summed E-state index contributed by atoms with van der Waals surface area (Å²) >= 11 is 1.72. The van der Waals surface area contributed by atoms with E-state index in [2.05, 4.69) is 32.9 Å². The minimum Gasteiger partial charge on any atom is -0.490 e. The maximum Gasteiger partial charge on any atom is 0.173 e. The van der Waals surface area contributed by atoms with Crippen LogP contribution in [0.15, 0.2) is 12.1 Å². The Kier molecular flexibility index (Phi) is 5.15. The lowest BCUT2D eigenvalue weighted by Crippen LogP contribution is -2.14. The topological polar surface area (TPSA) is 46.5 Å². The first-order valence-electron chi connectivity index (χ1n) is 10.7. The summed E-state index contributed by atoms with van der Waals surface area (Å²) in [6, 6.07) is 4.22. The Morgan fingerprint density at radius 3 is 2.55 bits per heavy atom. The van der Waals surface area contributed by atoms with Gasteiger partial charge >= 0.3 is 0 Å². The van der Waals surface area contributed by atoms with Gasteiger partial charge in [0.1, 0.15) is 12.4 Å². The average molecular weight is 413 g/mol. The quantitative estimate of drug-likeness (QED) is 0.607. The second-order valence-electron chi connectivity index (χ2n) is 9.63. The van der Waals surface area contributed by atoms with Crippen molar-refractivity contribution in [2.45, 2.75) is 72.8 Å². The summed E-state index contributed by atoms with van der Waals surface area (Å²) in [5, 5.41) is 9.46. The second kappa shape index (κ2) is 7.24. The van der Waals surface area contributed by atoms with Crippen molar-refractivity contribution in [2.24, 2.45) is 11.3 Å². The fraction of sp³-hybridized carbons (Fsp3) is 0.560. The van der Waals surface area contributed by atoms with Crippen LogP contribution >= 0.6 is 11.3 Å². The van der Waals surface area contributed by atoms with Gasteiger partial charge in [-0.05, 0) is 85.6 Å². The number of Topliss-reactive ketones (excluding diaryl/α,β-unsaturated/α-hetero) is 1. The van der Waals surface area contributed by atoms with Gasteiger partial charge in [-0.1, -0.05) is 26.0 Å². The van der Waals surface area contributed by atoms with E-state index >= 15 is 0 Å². The van der Waals surface area contributed by atoms with E-state index in [-0.39, 0.29) is 0 Å². The lowest BCUT2D eigenvalue weighted by atomic mass is 9.93. The Labute approximate surface area is 178 Å². The Balaban J connectivity index is 1.45. The van der Waals surface area contributed by atoms with Crippen molar-refractivity contribution in [3.8, 4) is 5.75 Å². The van der Waals surface area contributed by atoms with Gasteiger partial charge in [0.25, 0.3) is 0 Å². The number of carbonyl (C=O) groups excluding carboxylic acids is 1. The molecule has 2 aliphatic rings. The Hall–Kier alpha value is -1.65. The van der Waals surface area contributed by atoms with Crippen molar-refractivity contribution in [2.75, 3.05) is 6.61 Å². The maximum absolute atomic E-state index is 13.0. The van der Waals surface area contributed by atoms with Gasteiger partial charge in [-0.15, -0.1) is 11.3 Å². The molecule has 4 rings (SSSR count). The van der Waals surface area contributed by atoms with Crippen molar-refractivity contribution in [3.63, 3.8) is 0 Å². The predicted octanol–water partition coefficient (Wildman–Crippen LogP) is 5.54. The molecule has 1 fully saturated rings. The molecule has 3 nitrogen and oxygen atoms in total. The average Bonchev–Trinajstić information content (AvgIpc) is 2.97. The molecule has 0 amide bonds. The summed E-state index contributed by atoms with van der Waals surface area (Å²) < 4.78 is 5.75. The van der Waals surface area contributed by atoms with E-state index in [1.807, 2.05) is 13.8 Å². The van der Waals surface area contributed by atoms with Crippen molar-refractivity contribution in [1.82, 2.24) is 0 Å². The van der Waals surface area contributed by atoms with Crippen LogP contribution < -0.4 is 4.74 Å². The molecule has 0 saturated heterocycles. The zero-order chi connectivity index (χ0) is 21.1. The molecule has 1 N–H and O–H groups in total. The Bertz CT molecular complexity index is 944. The van der Waals surface area contributed by atoms with Crippen LogP contribution in [0.25, 0.3) is 0 Å². The van der Waals surface area contributed by atoms with Gasteiger partial charge in [0.15, 0.2) is 5.78 Å². The van der Waals surface area contributed by atoms with Gasteiger partial charge in [0, 0.05) is 11.3 Å². The summed E-state index contributed by atoms with van der Waals surface area (Å²) in [6.45, 7) is 13.0. The Morgan fingerprint density at radius 2 is 1.93 bits per heavy atom. The van der Waals surface area contributed by atoms with E-state index in [0.717, 1.165) is 40.5 Å². The zero-order valence-corrected chi connectivity index (χ0v) is 19.2. The molecule has 1 heterocycles. The van der Waals surface area contributed by atoms with Crippen LogP contribution in [0.5, 0.6) is 5.75 Å². The maximum atomic E-state index is 13.0. The van der Waals surface area contributed by atoms with Gasteiger partial charge in [-0.2, -0.15) is 0 Å². The molecule has 1 aromatic carbocycles. The van der Waals surface area contributed by atoms with Crippen LogP contribution in [0.4, 0.5) is 0 Å². The molecule has 0 bridgehead atoms. The van der Waals surface area contributed by atoms with E-state index in [0.29, 0.717) is 30.1 Å². The summed E-state index contributed by atoms with van der Waals surface area (Å²) in [5.41, 5.74) is 6.57. The van der Waals surface area contributed by atoms with Crippen molar-refractivity contribution in [1.29, 1.82) is 0 Å². The molecule has 2 aliphatic carbocycles. The van der Waals surface area contributed by atoms with E-state index in [1.165, 1.54) is 21.6 Å². The number of thiophene rings is 1. The molecule has 1 aromatic heterocycles. The molecular formula is C25H32O3S. The van der Waals surface area contributed by atoms with Crippen molar-refractivity contribution >= 4 is 17.1 Å². The van der Waals surface area contributed by atoms with Gasteiger partial charge in [-0.3, -0.25) is 4.79 Å². The molecule has 0 unspecified atom stereocenters. The first-order valence-corrected chi connectivity index (χ1v) is 11.5. The summed E-state index contributed by atoms with van der Waals surface area (Å²) in [4.78, 5) is 15.4. The number of benzene rings is 1. The van der Waals surface area contributed by atoms with Crippen LogP contribution in [0.3, 0.4) is 0 Å². The molecule has 0 spiro atoms. The number of carbonyl (C=O) groups is 1. The lowest BCUT2D eigenvalue weighted by molar-refractivity contribution is 0.0985. The monoisotopic (exact) mass is 412 g/mol. The van der Waals surface area contributed by atoms with Crippen LogP contribution in [-0.4, -0.2) is 23.6 Å². The van der Waals surface area contributed by atoms with Crippen molar-refractivity contribution in [3.05, 3.63) is 49.7 Å². The van der Waals surface area contributed by atoms with E-state index in [4.69, 9.17) is 4.74 Å². The highest BCUT2D eigenvalue weighted by molar-refractivity contribution is 7.14. The molecule has 0 radical (unpaired) electrons. The summed E-state index contributed by atoms with van der Waals surface area (Å²) in [6.07, 6.45) is 1.91. The predicted molar refractivity (Wildman–Crippen MR) is 119 cm³/mol. The molecule has 0 aliphatic heterocycles. The molecule has 2 aromatic rings. The SMILES string of the molecule is Cc1cc(CCC(=O)c2sc(C)c3c2C[C@@H]2[C@H]3C2(C)C)cc(C)c1OC[C@@H](C)O. The number of rotatable bonds is 7. The van der Waals surface area contributed by atoms with Crippen molar-refractivity contribution < 1.29 is 14.6 Å². The Morgan fingerprint density at radius 1 is 1.28 bits per heavy atom. The third-order valence-electron chi connectivity index (χ3n) is 6.90. The van der Waals surface area contributed by atoms with Crippen LogP contribution in [0, 0.1) is 32.1 Å². The summed E-state index contributed by atoms with van der Waals surface area (Å²) in [7, 11) is 0. The molecule has 29 heavy (non-hydrogen) atoms. The van der Waals surface area contributed by atoms with Crippen LogP contribution in [-0.2, 0) is 12.8 Å². The lowest BCUT2D eigenvalue weighted by Gasteiger charge is -2.15. The highest BCUT2D eigenvalue weighted by Gasteiger charge is 2.63. The fourth-order valence-corrected chi connectivity index (χ4v) is 6.54. The van der Waals surface area contributed by atoms with Gasteiger partial charge in [-0.25, -0.2) is 0 Å². The molecule has 4 heteroatoms. The molecule has 1 saturated carbocycles. The van der Waals surface area contributed by atoms with E-state index in [9.17, 15) is 9.90 Å². The number of aryl methyl sites for hydroxylation is 4. The van der Waals surface area contributed by atoms with E-state index < -0.39 is 6.10 Å². The normalized spacial score (nSPS) is 22.2. The number of ketones is 1. The van der Waals surface area contributed by atoms with Crippen LogP contribution in [0.1, 0.15) is 75.5 Å². The minimum atomic E-state index is -0.487. The summed E-state index contributed by atoms with van der Waals surface area (Å²) in [5.74, 6) is 2.55. The molecule has 156 valence electrons. The third-order valence-corrected chi connectivity index (χ3v) is 8.11. The number of aliphatic hydroxyl groups is 1. The highest BCUT2D eigenvalue weighted by atomic mass is 32.1. The standard InChI is InChI=1S/C25H32O3S/c1-13-9-17(10-14(2)23(13)28-12-15(3)26)7-8-20(27)24-18-11-19-22(25(19,5)6)21(18)16(4)29-24/h9-10,15,19,22,26H,7-8,11-12H2,1-6H3/t15-,19-,22-/m1/s1. The third kappa shape index (κ3) is 3.55. The van der Waals surface area contributed by atoms with Gasteiger partial charge < -0.3 is 9.84 Å². The molecule has 3 atom stereocenters. The highest BCUT2D eigenvalue weighted by Crippen LogP contribution is 2.71. The zero-order valence-electron chi connectivity index (χ0n) is 18.4. The fourth-order valence-electron chi connectivity index (χ4n) is 5.34.